The molecular formula is C15H19F2NO. The van der Waals surface area contributed by atoms with Crippen LogP contribution in [0.1, 0.15) is 38.5 Å². The molecule has 2 nitrogen and oxygen atoms in total. The highest BCUT2D eigenvalue weighted by molar-refractivity contribution is 5.74. The molecule has 0 spiro atoms. The Morgan fingerprint density at radius 1 is 1.11 bits per heavy atom. The summed E-state index contributed by atoms with van der Waals surface area (Å²) >= 11 is 0. The number of benzene rings is 1. The summed E-state index contributed by atoms with van der Waals surface area (Å²) in [7, 11) is 0. The molecule has 1 aromatic carbocycles. The summed E-state index contributed by atoms with van der Waals surface area (Å²) in [5.41, 5.74) is 0.295. The molecule has 0 unspecified atom stereocenters. The van der Waals surface area contributed by atoms with Crippen molar-refractivity contribution >= 4 is 12.1 Å². The van der Waals surface area contributed by atoms with Gasteiger partial charge in [-0.15, -0.1) is 0 Å². The molecule has 0 aromatic heterocycles. The van der Waals surface area contributed by atoms with Gasteiger partial charge in [-0.25, -0.2) is 8.78 Å². The van der Waals surface area contributed by atoms with E-state index in [1.807, 2.05) is 0 Å². The summed E-state index contributed by atoms with van der Waals surface area (Å²) in [6, 6.07) is 3.20. The molecule has 1 aromatic rings. The van der Waals surface area contributed by atoms with E-state index in [0.717, 1.165) is 12.5 Å². The third kappa shape index (κ3) is 4.01. The monoisotopic (exact) mass is 267 g/mol. The summed E-state index contributed by atoms with van der Waals surface area (Å²) in [4.78, 5) is 12.5. The molecule has 1 fully saturated rings. The Balaban J connectivity index is 1.96. The predicted octanol–water partition coefficient (Wildman–Crippen LogP) is 3.90. The molecule has 0 atom stereocenters. The van der Waals surface area contributed by atoms with Gasteiger partial charge in [-0.2, -0.15) is 0 Å². The van der Waals surface area contributed by atoms with E-state index in [1.54, 1.807) is 0 Å². The molecular weight excluding hydrogens is 248 g/mol. The molecule has 0 N–H and O–H groups in total. The first-order chi connectivity index (χ1) is 9.19. The van der Waals surface area contributed by atoms with Crippen LogP contribution in [0.2, 0.25) is 0 Å². The van der Waals surface area contributed by atoms with Crippen molar-refractivity contribution in [3.8, 4) is 0 Å². The van der Waals surface area contributed by atoms with Crippen molar-refractivity contribution in [1.82, 2.24) is 0 Å². The number of hydrogen-bond donors (Lipinski definition) is 0. The van der Waals surface area contributed by atoms with E-state index in [2.05, 4.69) is 0 Å². The summed E-state index contributed by atoms with van der Waals surface area (Å²) in [6.07, 6.45) is 7.74. The van der Waals surface area contributed by atoms with Gasteiger partial charge in [0.15, 0.2) is 0 Å². The smallest absolute Gasteiger partial charge is 0.214 e. The van der Waals surface area contributed by atoms with Gasteiger partial charge >= 0.3 is 0 Å². The van der Waals surface area contributed by atoms with E-state index in [9.17, 15) is 13.6 Å². The van der Waals surface area contributed by atoms with Crippen LogP contribution in [0.25, 0.3) is 0 Å². The summed E-state index contributed by atoms with van der Waals surface area (Å²) in [6.45, 7) is 0.525. The minimum atomic E-state index is -0.653. The van der Waals surface area contributed by atoms with Crippen molar-refractivity contribution in [3.05, 3.63) is 29.8 Å². The Morgan fingerprint density at radius 2 is 1.74 bits per heavy atom. The summed E-state index contributed by atoms with van der Waals surface area (Å²) < 4.78 is 26.3. The Labute approximate surface area is 112 Å². The number of carbonyl (C=O) groups is 1. The lowest BCUT2D eigenvalue weighted by Crippen LogP contribution is -2.25. The average molecular weight is 267 g/mol. The zero-order valence-electron chi connectivity index (χ0n) is 10.9. The van der Waals surface area contributed by atoms with Crippen LogP contribution in [-0.4, -0.2) is 13.0 Å². The molecule has 0 saturated heterocycles. The third-order valence-electron chi connectivity index (χ3n) is 3.81. The van der Waals surface area contributed by atoms with Crippen molar-refractivity contribution in [2.24, 2.45) is 5.92 Å². The molecule has 1 amide bonds. The quantitative estimate of drug-likeness (QED) is 0.741. The third-order valence-corrected chi connectivity index (χ3v) is 3.81. The molecule has 1 aliphatic rings. The molecule has 0 aliphatic heterocycles. The van der Waals surface area contributed by atoms with Crippen LogP contribution in [0.15, 0.2) is 18.2 Å². The minimum absolute atomic E-state index is 0.295. The first-order valence-corrected chi connectivity index (χ1v) is 6.87. The van der Waals surface area contributed by atoms with Crippen molar-refractivity contribution in [2.75, 3.05) is 11.4 Å². The van der Waals surface area contributed by atoms with Crippen LogP contribution in [-0.2, 0) is 4.79 Å². The van der Waals surface area contributed by atoms with Crippen LogP contribution in [0, 0.1) is 17.6 Å². The molecule has 0 bridgehead atoms. The fourth-order valence-electron chi connectivity index (χ4n) is 2.75. The van der Waals surface area contributed by atoms with Gasteiger partial charge in [0.25, 0.3) is 0 Å². The van der Waals surface area contributed by atoms with Crippen molar-refractivity contribution < 1.29 is 13.6 Å². The van der Waals surface area contributed by atoms with Crippen LogP contribution >= 0.6 is 0 Å². The maximum atomic E-state index is 13.1. The molecule has 2 rings (SSSR count). The Morgan fingerprint density at radius 3 is 2.32 bits per heavy atom. The van der Waals surface area contributed by atoms with Crippen molar-refractivity contribution in [2.45, 2.75) is 38.5 Å². The second-order valence-corrected chi connectivity index (χ2v) is 5.22. The number of halogens is 2. The maximum absolute atomic E-state index is 13.1. The second kappa shape index (κ2) is 6.64. The fraction of sp³-hybridized carbons (Fsp3) is 0.533. The highest BCUT2D eigenvalue weighted by Gasteiger charge is 2.15. The lowest BCUT2D eigenvalue weighted by Gasteiger charge is -2.24. The van der Waals surface area contributed by atoms with Gasteiger partial charge in [-0.1, -0.05) is 32.1 Å². The summed E-state index contributed by atoms with van der Waals surface area (Å²) in [5.74, 6) is -0.673. The van der Waals surface area contributed by atoms with E-state index in [0.29, 0.717) is 24.6 Å². The van der Waals surface area contributed by atoms with Gasteiger partial charge in [-0.3, -0.25) is 4.79 Å². The number of carbonyl (C=O) groups excluding carboxylic acids is 1. The van der Waals surface area contributed by atoms with Crippen LogP contribution in [0.4, 0.5) is 14.5 Å². The van der Waals surface area contributed by atoms with Gasteiger partial charge < -0.3 is 4.90 Å². The van der Waals surface area contributed by atoms with Crippen molar-refractivity contribution in [3.63, 3.8) is 0 Å². The highest BCUT2D eigenvalue weighted by atomic mass is 19.1. The topological polar surface area (TPSA) is 20.3 Å². The van der Waals surface area contributed by atoms with E-state index >= 15 is 0 Å². The second-order valence-electron chi connectivity index (χ2n) is 5.22. The van der Waals surface area contributed by atoms with Gasteiger partial charge in [0.2, 0.25) is 6.41 Å². The van der Waals surface area contributed by atoms with Gasteiger partial charge in [0.1, 0.15) is 11.6 Å². The van der Waals surface area contributed by atoms with E-state index in [4.69, 9.17) is 0 Å². The van der Waals surface area contributed by atoms with E-state index in [1.165, 1.54) is 49.1 Å². The first-order valence-electron chi connectivity index (χ1n) is 6.87. The summed E-state index contributed by atoms with van der Waals surface area (Å²) in [5, 5.41) is 0. The molecule has 4 heteroatoms. The number of rotatable bonds is 5. The van der Waals surface area contributed by atoms with Crippen LogP contribution in [0.3, 0.4) is 0 Å². The minimum Gasteiger partial charge on any atom is -0.315 e. The maximum Gasteiger partial charge on any atom is 0.214 e. The van der Waals surface area contributed by atoms with E-state index in [-0.39, 0.29) is 0 Å². The first kappa shape index (κ1) is 14.0. The zero-order valence-corrected chi connectivity index (χ0v) is 10.9. The number of amides is 1. The lowest BCUT2D eigenvalue weighted by molar-refractivity contribution is -0.107. The fourth-order valence-corrected chi connectivity index (χ4v) is 2.75. The molecule has 104 valence electrons. The Hall–Kier alpha value is -1.45. The van der Waals surface area contributed by atoms with Gasteiger partial charge in [-0.05, 0) is 24.5 Å². The Bertz CT molecular complexity index is 410. The highest BCUT2D eigenvalue weighted by Crippen LogP contribution is 2.27. The predicted molar refractivity (Wildman–Crippen MR) is 71.0 cm³/mol. The normalized spacial score (nSPS) is 16.3. The molecule has 19 heavy (non-hydrogen) atoms. The van der Waals surface area contributed by atoms with Gasteiger partial charge in [0, 0.05) is 18.3 Å². The van der Waals surface area contributed by atoms with Crippen LogP contribution in [0.5, 0.6) is 0 Å². The molecule has 1 aliphatic carbocycles. The largest absolute Gasteiger partial charge is 0.315 e. The molecule has 0 radical (unpaired) electrons. The zero-order chi connectivity index (χ0) is 13.7. The van der Waals surface area contributed by atoms with Crippen LogP contribution < -0.4 is 4.90 Å². The van der Waals surface area contributed by atoms with Crippen molar-refractivity contribution in [1.29, 1.82) is 0 Å². The number of anilines is 1. The number of hydrogen-bond acceptors (Lipinski definition) is 1. The van der Waals surface area contributed by atoms with Gasteiger partial charge in [0.05, 0.1) is 0 Å². The Kier molecular flexibility index (Phi) is 4.88. The van der Waals surface area contributed by atoms with E-state index < -0.39 is 11.6 Å². The standard InChI is InChI=1S/C15H19F2NO/c16-13-8-14(17)10-15(9-13)18(11-19)7-6-12-4-2-1-3-5-12/h8-12H,1-7H2. The average Bonchev–Trinajstić information content (AvgIpc) is 2.39. The number of nitrogens with zero attached hydrogens (tertiary/aromatic N) is 1. The SMILES string of the molecule is O=CN(CCC1CCCCC1)c1cc(F)cc(F)c1. The molecule has 1 saturated carbocycles. The lowest BCUT2D eigenvalue weighted by atomic mass is 9.87. The molecule has 0 heterocycles.